The van der Waals surface area contributed by atoms with Crippen LogP contribution >= 0.6 is 0 Å². The quantitative estimate of drug-likeness (QED) is 0.880. The molecule has 1 unspecified atom stereocenters. The summed E-state index contributed by atoms with van der Waals surface area (Å²) in [7, 11) is -1.41. The second-order valence-corrected chi connectivity index (χ2v) is 8.06. The topological polar surface area (TPSA) is 92.5 Å². The van der Waals surface area contributed by atoms with E-state index in [9.17, 15) is 13.2 Å². The van der Waals surface area contributed by atoms with E-state index in [1.807, 2.05) is 12.1 Å². The van der Waals surface area contributed by atoms with Gasteiger partial charge in [0, 0.05) is 25.0 Å². The van der Waals surface area contributed by atoms with Gasteiger partial charge in [0.2, 0.25) is 0 Å². The van der Waals surface area contributed by atoms with Gasteiger partial charge in [0.15, 0.2) is 9.84 Å². The minimum atomic E-state index is -3.04. The zero-order valence-electron chi connectivity index (χ0n) is 13.3. The molecule has 3 rings (SSSR count). The Kier molecular flexibility index (Phi) is 4.57. The molecule has 0 saturated carbocycles. The van der Waals surface area contributed by atoms with E-state index < -0.39 is 9.84 Å². The van der Waals surface area contributed by atoms with E-state index in [0.29, 0.717) is 13.0 Å². The van der Waals surface area contributed by atoms with E-state index in [1.165, 1.54) is 4.90 Å². The molecule has 1 atom stereocenters. The van der Waals surface area contributed by atoms with E-state index in [4.69, 9.17) is 4.42 Å². The maximum atomic E-state index is 12.6. The molecule has 0 radical (unpaired) electrons. The first-order valence-corrected chi connectivity index (χ1v) is 9.47. The van der Waals surface area contributed by atoms with Gasteiger partial charge < -0.3 is 14.6 Å². The molecule has 0 spiro atoms. The molecular weight excluding hydrogens is 330 g/mol. The number of amides is 1. The number of carbonyl (C=O) groups excluding carboxylic acids is 1. The summed E-state index contributed by atoms with van der Waals surface area (Å²) >= 11 is 0. The predicted molar refractivity (Wildman–Crippen MR) is 89.4 cm³/mol. The number of hydrogen-bond donors (Lipinski definition) is 1. The molecule has 8 heteroatoms. The maximum absolute atomic E-state index is 12.6. The lowest BCUT2D eigenvalue weighted by molar-refractivity contribution is 0.0742. The monoisotopic (exact) mass is 349 g/mol. The van der Waals surface area contributed by atoms with Crippen LogP contribution in [0.15, 0.2) is 41.1 Å². The SMILES string of the molecule is CN(C(=O)c1cc(NCc2ccco2)ccn1)C1CCS(=O)(=O)C1. The Morgan fingerprint density at radius 2 is 2.29 bits per heavy atom. The molecule has 2 aromatic heterocycles. The Labute approximate surface area is 140 Å². The standard InChI is InChI=1S/C16H19N3O4S/c1-19(13-5-8-24(21,22)11-13)16(20)15-9-12(4-6-17-15)18-10-14-3-2-7-23-14/h2-4,6-7,9,13H,5,8,10-11H2,1H3,(H,17,18). The third-order valence-corrected chi connectivity index (χ3v) is 5.85. The average molecular weight is 349 g/mol. The zero-order chi connectivity index (χ0) is 17.2. The molecule has 3 heterocycles. The van der Waals surface area contributed by atoms with Crippen LogP contribution in [0.1, 0.15) is 22.7 Å². The van der Waals surface area contributed by atoms with Crippen LogP contribution in [0.4, 0.5) is 5.69 Å². The third-order valence-electron chi connectivity index (χ3n) is 4.10. The van der Waals surface area contributed by atoms with Gasteiger partial charge in [-0.3, -0.25) is 9.78 Å². The number of furan rings is 1. The number of nitrogens with zero attached hydrogens (tertiary/aromatic N) is 2. The van der Waals surface area contributed by atoms with E-state index in [2.05, 4.69) is 10.3 Å². The Bertz CT molecular complexity index is 818. The zero-order valence-corrected chi connectivity index (χ0v) is 14.1. The highest BCUT2D eigenvalue weighted by molar-refractivity contribution is 7.91. The Balaban J connectivity index is 1.67. The van der Waals surface area contributed by atoms with Crippen molar-refractivity contribution in [2.45, 2.75) is 19.0 Å². The molecule has 0 bridgehead atoms. The van der Waals surface area contributed by atoms with Crippen molar-refractivity contribution in [2.24, 2.45) is 0 Å². The number of anilines is 1. The minimum absolute atomic E-state index is 0.0195. The number of pyridine rings is 1. The van der Waals surface area contributed by atoms with Gasteiger partial charge in [0.1, 0.15) is 11.5 Å². The van der Waals surface area contributed by atoms with Gasteiger partial charge in [-0.2, -0.15) is 0 Å². The molecule has 24 heavy (non-hydrogen) atoms. The molecule has 128 valence electrons. The van der Waals surface area contributed by atoms with Crippen LogP contribution < -0.4 is 5.32 Å². The highest BCUT2D eigenvalue weighted by Crippen LogP contribution is 2.19. The van der Waals surface area contributed by atoms with Crippen molar-refractivity contribution < 1.29 is 17.6 Å². The molecule has 0 aliphatic carbocycles. The number of aromatic nitrogens is 1. The largest absolute Gasteiger partial charge is 0.467 e. The fourth-order valence-electron chi connectivity index (χ4n) is 2.69. The van der Waals surface area contributed by atoms with E-state index in [1.54, 1.807) is 31.6 Å². The number of nitrogens with one attached hydrogen (secondary N) is 1. The summed E-state index contributed by atoms with van der Waals surface area (Å²) in [6.45, 7) is 0.501. The molecule has 1 N–H and O–H groups in total. The first-order chi connectivity index (χ1) is 11.4. The molecule has 1 aliphatic rings. The normalized spacial score (nSPS) is 19.1. The van der Waals surface area contributed by atoms with Gasteiger partial charge in [0.25, 0.3) is 5.91 Å². The van der Waals surface area contributed by atoms with Gasteiger partial charge >= 0.3 is 0 Å². The van der Waals surface area contributed by atoms with Crippen molar-refractivity contribution >= 4 is 21.4 Å². The van der Waals surface area contributed by atoms with Gasteiger partial charge in [-0.05, 0) is 30.7 Å². The van der Waals surface area contributed by atoms with Gasteiger partial charge in [-0.25, -0.2) is 8.42 Å². The van der Waals surface area contributed by atoms with Crippen molar-refractivity contribution in [3.8, 4) is 0 Å². The van der Waals surface area contributed by atoms with Crippen LogP contribution in [0.3, 0.4) is 0 Å². The third kappa shape index (κ3) is 3.76. The summed E-state index contributed by atoms with van der Waals surface area (Å²) in [5, 5.41) is 3.16. The number of hydrogen-bond acceptors (Lipinski definition) is 6. The highest BCUT2D eigenvalue weighted by atomic mass is 32.2. The fraction of sp³-hybridized carbons (Fsp3) is 0.375. The molecule has 7 nitrogen and oxygen atoms in total. The van der Waals surface area contributed by atoms with Crippen molar-refractivity contribution in [2.75, 3.05) is 23.9 Å². The number of sulfone groups is 1. The maximum Gasteiger partial charge on any atom is 0.272 e. The summed E-state index contributed by atoms with van der Waals surface area (Å²) in [6.07, 6.45) is 3.63. The summed E-state index contributed by atoms with van der Waals surface area (Å²) in [5.74, 6) is 0.658. The van der Waals surface area contributed by atoms with Crippen LogP contribution in [-0.2, 0) is 16.4 Å². The van der Waals surface area contributed by atoms with E-state index >= 15 is 0 Å². The second kappa shape index (κ2) is 6.64. The number of carbonyl (C=O) groups is 1. The average Bonchev–Trinajstić information content (AvgIpc) is 3.21. The molecule has 1 aliphatic heterocycles. The highest BCUT2D eigenvalue weighted by Gasteiger charge is 2.33. The van der Waals surface area contributed by atoms with Crippen molar-refractivity contribution in [1.82, 2.24) is 9.88 Å². The van der Waals surface area contributed by atoms with Gasteiger partial charge in [-0.1, -0.05) is 0 Å². The Morgan fingerprint density at radius 3 is 2.96 bits per heavy atom. The molecule has 1 amide bonds. The Hall–Kier alpha value is -2.35. The first-order valence-electron chi connectivity index (χ1n) is 7.64. The van der Waals surface area contributed by atoms with Crippen LogP contribution in [-0.4, -0.2) is 48.8 Å². The Morgan fingerprint density at radius 1 is 1.46 bits per heavy atom. The lowest BCUT2D eigenvalue weighted by Gasteiger charge is -2.23. The fourth-order valence-corrected chi connectivity index (χ4v) is 4.46. The second-order valence-electron chi connectivity index (χ2n) is 5.84. The molecule has 1 fully saturated rings. The summed E-state index contributed by atoms with van der Waals surface area (Å²) < 4.78 is 28.4. The van der Waals surface area contributed by atoms with E-state index in [0.717, 1.165) is 11.4 Å². The van der Waals surface area contributed by atoms with Gasteiger partial charge in [0.05, 0.1) is 24.3 Å². The number of rotatable bonds is 5. The van der Waals surface area contributed by atoms with Crippen molar-refractivity contribution in [3.63, 3.8) is 0 Å². The lowest BCUT2D eigenvalue weighted by atomic mass is 10.2. The van der Waals surface area contributed by atoms with Crippen LogP contribution in [0.25, 0.3) is 0 Å². The summed E-state index contributed by atoms with van der Waals surface area (Å²) in [6, 6.07) is 6.80. The summed E-state index contributed by atoms with van der Waals surface area (Å²) in [5.41, 5.74) is 1.03. The van der Waals surface area contributed by atoms with E-state index in [-0.39, 0.29) is 29.1 Å². The van der Waals surface area contributed by atoms with Crippen LogP contribution in [0, 0.1) is 0 Å². The minimum Gasteiger partial charge on any atom is -0.467 e. The van der Waals surface area contributed by atoms with Crippen molar-refractivity contribution in [3.05, 3.63) is 48.2 Å². The molecule has 0 aromatic carbocycles. The van der Waals surface area contributed by atoms with Crippen LogP contribution in [0.2, 0.25) is 0 Å². The smallest absolute Gasteiger partial charge is 0.272 e. The van der Waals surface area contributed by atoms with Crippen molar-refractivity contribution in [1.29, 1.82) is 0 Å². The molecular formula is C16H19N3O4S. The predicted octanol–water partition coefficient (Wildman–Crippen LogP) is 1.55. The van der Waals surface area contributed by atoms with Gasteiger partial charge in [-0.15, -0.1) is 0 Å². The molecule has 1 saturated heterocycles. The summed E-state index contributed by atoms with van der Waals surface area (Å²) in [4.78, 5) is 18.1. The first kappa shape index (κ1) is 16.5. The van der Waals surface area contributed by atoms with Crippen LogP contribution in [0.5, 0.6) is 0 Å². The lowest BCUT2D eigenvalue weighted by Crippen LogP contribution is -2.38. The molecule has 2 aromatic rings.